The molecule has 1 heterocycles. The van der Waals surface area contributed by atoms with Gasteiger partial charge in [0.2, 0.25) is 5.91 Å². The first kappa shape index (κ1) is 14.4. The van der Waals surface area contributed by atoms with E-state index in [1.807, 2.05) is 0 Å². The summed E-state index contributed by atoms with van der Waals surface area (Å²) < 4.78 is 31.1. The maximum absolute atomic E-state index is 13.3. The molecule has 1 aromatic carbocycles. The number of hydrogen-bond donors (Lipinski definition) is 0. The van der Waals surface area contributed by atoms with Gasteiger partial charge in [-0.3, -0.25) is 4.79 Å². The summed E-state index contributed by atoms with van der Waals surface area (Å²) in [7, 11) is 0. The summed E-state index contributed by atoms with van der Waals surface area (Å²) in [4.78, 5) is 24.9. The van der Waals surface area contributed by atoms with Gasteiger partial charge in [-0.2, -0.15) is 0 Å². The zero-order chi connectivity index (χ0) is 15.1. The summed E-state index contributed by atoms with van der Waals surface area (Å²) in [5.74, 6) is -2.42. The zero-order valence-electron chi connectivity index (χ0n) is 11.4. The van der Waals surface area contributed by atoms with Crippen molar-refractivity contribution in [2.24, 2.45) is 5.41 Å². The normalized spacial score (nSPS) is 19.1. The Morgan fingerprint density at radius 3 is 2.50 bits per heavy atom. The fourth-order valence-electron chi connectivity index (χ4n) is 1.97. The van der Waals surface area contributed by atoms with Crippen LogP contribution < -0.4 is 0 Å². The summed E-state index contributed by atoms with van der Waals surface area (Å²) in [6, 6.07) is 2.55. The van der Waals surface area contributed by atoms with E-state index < -0.39 is 35.1 Å². The highest BCUT2D eigenvalue weighted by molar-refractivity contribution is 5.96. The van der Waals surface area contributed by atoms with E-state index >= 15 is 0 Å². The van der Waals surface area contributed by atoms with Crippen molar-refractivity contribution in [2.45, 2.75) is 26.8 Å². The van der Waals surface area contributed by atoms with Gasteiger partial charge in [-0.15, -0.1) is 0 Å². The van der Waals surface area contributed by atoms with Gasteiger partial charge in [0.25, 0.3) is 0 Å². The van der Waals surface area contributed by atoms with Crippen LogP contribution in [0.3, 0.4) is 0 Å². The van der Waals surface area contributed by atoms with Crippen LogP contribution in [0, 0.1) is 17.0 Å². The number of hydrogen-bond acceptors (Lipinski definition) is 3. The van der Waals surface area contributed by atoms with Crippen molar-refractivity contribution in [3.63, 3.8) is 0 Å². The number of benzene rings is 1. The fraction of sp³-hybridized carbons (Fsp3) is 0.429. The van der Waals surface area contributed by atoms with Gasteiger partial charge < -0.3 is 4.74 Å². The smallest absolute Gasteiger partial charge is 0.417 e. The lowest BCUT2D eigenvalue weighted by molar-refractivity contribution is -0.137. The first-order valence-corrected chi connectivity index (χ1v) is 6.17. The molecular weight excluding hydrogens is 268 g/mol. The number of rotatable bonds is 1. The summed E-state index contributed by atoms with van der Waals surface area (Å²) in [5.41, 5.74) is -0.451. The van der Waals surface area contributed by atoms with E-state index in [2.05, 4.69) is 0 Å². The third-order valence-corrected chi connectivity index (χ3v) is 3.06. The molecule has 0 radical (unpaired) electrons. The minimum Gasteiger partial charge on any atom is -0.446 e. The molecule has 20 heavy (non-hydrogen) atoms. The third-order valence-electron chi connectivity index (χ3n) is 3.06. The number of cyclic esters (lactones) is 1. The van der Waals surface area contributed by atoms with Crippen LogP contribution in [0.1, 0.15) is 32.4 Å². The number of carbonyl (C=O) groups is 2. The molecule has 1 aliphatic heterocycles. The summed E-state index contributed by atoms with van der Waals surface area (Å²) >= 11 is 0. The molecule has 0 spiro atoms. The van der Waals surface area contributed by atoms with E-state index in [4.69, 9.17) is 4.74 Å². The minimum atomic E-state index is -1.02. The molecule has 0 N–H and O–H groups in total. The highest BCUT2D eigenvalue weighted by Gasteiger charge is 2.43. The molecule has 4 nitrogen and oxygen atoms in total. The molecule has 1 aromatic rings. The second-order valence-corrected chi connectivity index (χ2v) is 5.69. The van der Waals surface area contributed by atoms with Crippen LogP contribution in [0.15, 0.2) is 18.2 Å². The number of amides is 2. The average Bonchev–Trinajstić information content (AvgIpc) is 2.72. The molecule has 6 heteroatoms. The molecule has 1 saturated heterocycles. The molecule has 1 atom stereocenters. The standard InChI is InChI=1S/C14H15F2NO3/c1-14(2,3)12(18)17-11(7-20-13(17)19)8-4-5-9(15)10(16)6-8/h4-6,11H,7H2,1-3H3. The lowest BCUT2D eigenvalue weighted by Crippen LogP contribution is -2.41. The Labute approximate surface area is 115 Å². The second-order valence-electron chi connectivity index (χ2n) is 5.69. The van der Waals surface area contributed by atoms with Gasteiger partial charge in [0.15, 0.2) is 11.6 Å². The largest absolute Gasteiger partial charge is 0.446 e. The van der Waals surface area contributed by atoms with Crippen molar-refractivity contribution in [2.75, 3.05) is 6.61 Å². The number of halogens is 2. The number of nitrogens with zero attached hydrogens (tertiary/aromatic N) is 1. The SMILES string of the molecule is CC(C)(C)C(=O)N1C(=O)OCC1c1ccc(F)c(F)c1. The number of ether oxygens (including phenoxy) is 1. The van der Waals surface area contributed by atoms with Crippen molar-refractivity contribution in [3.05, 3.63) is 35.4 Å². The maximum Gasteiger partial charge on any atom is 0.417 e. The molecule has 0 aromatic heterocycles. The molecular formula is C14H15F2NO3. The minimum absolute atomic E-state index is 0.0638. The van der Waals surface area contributed by atoms with Gasteiger partial charge in [-0.05, 0) is 17.7 Å². The van der Waals surface area contributed by atoms with Crippen molar-refractivity contribution in [1.29, 1.82) is 0 Å². The maximum atomic E-state index is 13.3. The highest BCUT2D eigenvalue weighted by atomic mass is 19.2. The second kappa shape index (κ2) is 4.85. The summed E-state index contributed by atoms with van der Waals surface area (Å²) in [5, 5.41) is 0. The summed E-state index contributed by atoms with van der Waals surface area (Å²) in [6.07, 6.45) is -0.764. The van der Waals surface area contributed by atoms with E-state index in [0.29, 0.717) is 5.56 Å². The van der Waals surface area contributed by atoms with Crippen molar-refractivity contribution in [1.82, 2.24) is 4.90 Å². The Kier molecular flexibility index (Phi) is 3.50. The van der Waals surface area contributed by atoms with Gasteiger partial charge in [0.05, 0.1) is 0 Å². The fourth-order valence-corrected chi connectivity index (χ4v) is 1.97. The molecule has 1 fully saturated rings. The lowest BCUT2D eigenvalue weighted by atomic mass is 9.93. The molecule has 0 saturated carbocycles. The molecule has 1 unspecified atom stereocenters. The van der Waals surface area contributed by atoms with Crippen molar-refractivity contribution in [3.8, 4) is 0 Å². The number of imide groups is 1. The Bertz CT molecular complexity index is 566. The molecule has 0 bridgehead atoms. The monoisotopic (exact) mass is 283 g/mol. The van der Waals surface area contributed by atoms with Crippen LogP contribution in [-0.2, 0) is 9.53 Å². The van der Waals surface area contributed by atoms with Gasteiger partial charge in [-0.25, -0.2) is 18.5 Å². The topological polar surface area (TPSA) is 46.6 Å². The van der Waals surface area contributed by atoms with E-state index in [-0.39, 0.29) is 6.61 Å². The number of carbonyl (C=O) groups excluding carboxylic acids is 2. The Hall–Kier alpha value is -1.98. The van der Waals surface area contributed by atoms with Crippen molar-refractivity contribution >= 4 is 12.0 Å². The lowest BCUT2D eigenvalue weighted by Gasteiger charge is -2.27. The molecule has 2 rings (SSSR count). The van der Waals surface area contributed by atoms with Crippen LogP contribution in [-0.4, -0.2) is 23.5 Å². The van der Waals surface area contributed by atoms with Gasteiger partial charge in [0, 0.05) is 5.41 Å². The van der Waals surface area contributed by atoms with Gasteiger partial charge in [0.1, 0.15) is 12.6 Å². The van der Waals surface area contributed by atoms with Crippen LogP contribution in [0.25, 0.3) is 0 Å². The Morgan fingerprint density at radius 2 is 1.95 bits per heavy atom. The summed E-state index contributed by atoms with van der Waals surface area (Å²) in [6.45, 7) is 4.95. The Balaban J connectivity index is 2.37. The molecule has 1 aliphatic rings. The Morgan fingerprint density at radius 1 is 1.30 bits per heavy atom. The predicted molar refractivity (Wildman–Crippen MR) is 66.7 cm³/mol. The van der Waals surface area contributed by atoms with E-state index in [9.17, 15) is 18.4 Å². The van der Waals surface area contributed by atoms with E-state index in [1.165, 1.54) is 6.07 Å². The highest BCUT2D eigenvalue weighted by Crippen LogP contribution is 2.32. The van der Waals surface area contributed by atoms with Crippen molar-refractivity contribution < 1.29 is 23.1 Å². The van der Waals surface area contributed by atoms with E-state index in [1.54, 1.807) is 20.8 Å². The average molecular weight is 283 g/mol. The first-order valence-electron chi connectivity index (χ1n) is 6.17. The van der Waals surface area contributed by atoms with Crippen LogP contribution in [0.4, 0.5) is 13.6 Å². The first-order chi connectivity index (χ1) is 9.21. The van der Waals surface area contributed by atoms with Crippen LogP contribution >= 0.6 is 0 Å². The van der Waals surface area contributed by atoms with Crippen LogP contribution in [0.5, 0.6) is 0 Å². The predicted octanol–water partition coefficient (Wildman–Crippen LogP) is 3.03. The zero-order valence-corrected chi connectivity index (χ0v) is 11.4. The molecule has 2 amide bonds. The quantitative estimate of drug-likeness (QED) is 0.796. The van der Waals surface area contributed by atoms with Crippen LogP contribution in [0.2, 0.25) is 0 Å². The molecule has 108 valence electrons. The van der Waals surface area contributed by atoms with Gasteiger partial charge in [-0.1, -0.05) is 26.8 Å². The van der Waals surface area contributed by atoms with Gasteiger partial charge >= 0.3 is 6.09 Å². The molecule has 0 aliphatic carbocycles. The third kappa shape index (κ3) is 2.50. The van der Waals surface area contributed by atoms with E-state index in [0.717, 1.165) is 17.0 Å².